The van der Waals surface area contributed by atoms with Gasteiger partial charge in [-0.25, -0.2) is 0 Å². The summed E-state index contributed by atoms with van der Waals surface area (Å²) in [6.45, 7) is 8.64. The summed E-state index contributed by atoms with van der Waals surface area (Å²) in [5.41, 5.74) is 8.65. The van der Waals surface area contributed by atoms with Crippen LogP contribution in [0.3, 0.4) is 0 Å². The smallest absolute Gasteiger partial charge is 0.0710 e. The van der Waals surface area contributed by atoms with Crippen LogP contribution >= 0.6 is 0 Å². The molecule has 1 aliphatic rings. The SMILES string of the molecule is C=c1cc(C)cc/c1=C/C(=C\C)C1(c2ccc3ccccc3c2)c2ccccc2-c2ccccc21. The number of hydrogen-bond donors (Lipinski definition) is 0. The van der Waals surface area contributed by atoms with E-state index >= 15 is 0 Å². The Labute approximate surface area is 207 Å². The Morgan fingerprint density at radius 3 is 1.97 bits per heavy atom. The second kappa shape index (κ2) is 8.25. The van der Waals surface area contributed by atoms with Crippen molar-refractivity contribution in [3.05, 3.63) is 154 Å². The van der Waals surface area contributed by atoms with E-state index < -0.39 is 5.41 Å². The Kier molecular flexibility index (Phi) is 5.04. The van der Waals surface area contributed by atoms with E-state index in [-0.39, 0.29) is 0 Å². The van der Waals surface area contributed by atoms with Crippen molar-refractivity contribution in [2.24, 2.45) is 0 Å². The monoisotopic (exact) mass is 448 g/mol. The van der Waals surface area contributed by atoms with Crippen molar-refractivity contribution in [3.8, 4) is 11.1 Å². The Morgan fingerprint density at radius 2 is 1.31 bits per heavy atom. The lowest BCUT2D eigenvalue weighted by Crippen LogP contribution is -2.31. The lowest BCUT2D eigenvalue weighted by atomic mass is 9.66. The summed E-state index contributed by atoms with van der Waals surface area (Å²) in [5.74, 6) is 0. The topological polar surface area (TPSA) is 0 Å². The van der Waals surface area contributed by atoms with Crippen molar-refractivity contribution in [2.45, 2.75) is 19.3 Å². The predicted octanol–water partition coefficient (Wildman–Crippen LogP) is 7.30. The number of benzene rings is 5. The summed E-state index contributed by atoms with van der Waals surface area (Å²) in [4.78, 5) is 0. The zero-order valence-electron chi connectivity index (χ0n) is 20.3. The van der Waals surface area contributed by atoms with Crippen molar-refractivity contribution in [3.63, 3.8) is 0 Å². The van der Waals surface area contributed by atoms with Gasteiger partial charge >= 0.3 is 0 Å². The van der Waals surface area contributed by atoms with Gasteiger partial charge in [0.1, 0.15) is 0 Å². The van der Waals surface area contributed by atoms with E-state index in [2.05, 4.69) is 142 Å². The van der Waals surface area contributed by atoms with Gasteiger partial charge < -0.3 is 0 Å². The van der Waals surface area contributed by atoms with Gasteiger partial charge in [0.15, 0.2) is 0 Å². The molecular weight excluding hydrogens is 420 g/mol. The van der Waals surface area contributed by atoms with Crippen LogP contribution in [0, 0.1) is 6.92 Å². The molecule has 0 spiro atoms. The summed E-state index contributed by atoms with van der Waals surface area (Å²) in [5, 5.41) is 4.73. The summed E-state index contributed by atoms with van der Waals surface area (Å²) in [6.07, 6.45) is 4.63. The molecule has 0 bridgehead atoms. The van der Waals surface area contributed by atoms with E-state index in [4.69, 9.17) is 0 Å². The maximum absolute atomic E-state index is 4.36. The Morgan fingerprint density at radius 1 is 0.686 bits per heavy atom. The highest BCUT2D eigenvalue weighted by atomic mass is 14.5. The molecule has 1 aliphatic carbocycles. The van der Waals surface area contributed by atoms with Crippen LogP contribution < -0.4 is 10.4 Å². The lowest BCUT2D eigenvalue weighted by molar-refractivity contribution is 0.776. The first kappa shape index (κ1) is 21.4. The largest absolute Gasteiger partial charge is 0.0912 e. The molecule has 6 rings (SSSR count). The van der Waals surface area contributed by atoms with Gasteiger partial charge in [0.05, 0.1) is 5.41 Å². The van der Waals surface area contributed by atoms with E-state index in [1.165, 1.54) is 49.7 Å². The fraction of sp³-hybridized carbons (Fsp3) is 0.0857. The van der Waals surface area contributed by atoms with Gasteiger partial charge in [0.2, 0.25) is 0 Å². The van der Waals surface area contributed by atoms with Gasteiger partial charge in [-0.05, 0) is 80.6 Å². The molecule has 0 aromatic heterocycles. The van der Waals surface area contributed by atoms with Crippen molar-refractivity contribution in [2.75, 3.05) is 0 Å². The summed E-state index contributed by atoms with van der Waals surface area (Å²) >= 11 is 0. The second-order valence-corrected chi connectivity index (χ2v) is 9.49. The predicted molar refractivity (Wildman–Crippen MR) is 150 cm³/mol. The van der Waals surface area contributed by atoms with Crippen molar-refractivity contribution in [1.29, 1.82) is 0 Å². The van der Waals surface area contributed by atoms with Crippen molar-refractivity contribution in [1.82, 2.24) is 0 Å². The number of hydrogen-bond acceptors (Lipinski definition) is 0. The highest BCUT2D eigenvalue weighted by molar-refractivity contribution is 5.90. The van der Waals surface area contributed by atoms with Crippen molar-refractivity contribution >= 4 is 23.4 Å². The third kappa shape index (κ3) is 3.21. The van der Waals surface area contributed by atoms with Crippen LogP contribution in [0.4, 0.5) is 0 Å². The van der Waals surface area contributed by atoms with Gasteiger partial charge in [-0.2, -0.15) is 0 Å². The number of rotatable bonds is 3. The number of fused-ring (bicyclic) bond motifs is 4. The third-order valence-electron chi connectivity index (χ3n) is 7.49. The molecule has 168 valence electrons. The normalized spacial score (nSPS) is 14.7. The molecule has 35 heavy (non-hydrogen) atoms. The van der Waals surface area contributed by atoms with Crippen LogP contribution in [0.5, 0.6) is 0 Å². The quantitative estimate of drug-likeness (QED) is 0.272. The van der Waals surface area contributed by atoms with E-state index in [0.29, 0.717) is 0 Å². The minimum absolute atomic E-state index is 0.413. The summed E-state index contributed by atoms with van der Waals surface area (Å²) in [6, 6.07) is 39.9. The molecule has 5 aromatic carbocycles. The first-order chi connectivity index (χ1) is 17.1. The summed E-state index contributed by atoms with van der Waals surface area (Å²) in [7, 11) is 0. The highest BCUT2D eigenvalue weighted by Crippen LogP contribution is 2.56. The summed E-state index contributed by atoms with van der Waals surface area (Å²) < 4.78 is 0. The van der Waals surface area contributed by atoms with E-state index in [9.17, 15) is 0 Å². The van der Waals surface area contributed by atoms with Crippen molar-refractivity contribution < 1.29 is 0 Å². The molecule has 0 heterocycles. The van der Waals surface area contributed by atoms with Gasteiger partial charge in [0, 0.05) is 0 Å². The van der Waals surface area contributed by atoms with E-state index in [1.54, 1.807) is 0 Å². The zero-order chi connectivity index (χ0) is 24.0. The van der Waals surface area contributed by atoms with Gasteiger partial charge in [-0.3, -0.25) is 0 Å². The molecule has 0 atom stereocenters. The fourth-order valence-electron chi connectivity index (χ4n) is 5.90. The van der Waals surface area contributed by atoms with Gasteiger partial charge in [0.25, 0.3) is 0 Å². The maximum Gasteiger partial charge on any atom is 0.0710 e. The molecule has 0 heteroatoms. The number of allylic oxidation sites excluding steroid dienone is 2. The van der Waals surface area contributed by atoms with Crippen LogP contribution in [0.25, 0.3) is 34.6 Å². The standard InChI is InChI=1S/C35H28/c1-4-29(22-27-18-17-24(2)21-25(27)3)35(30-20-19-26-11-5-6-12-28(26)23-30)33-15-9-7-13-31(33)32-14-8-10-16-34(32)35/h4-23H,3H2,1-2H3/b27-22-,29-4+. The molecule has 0 nitrogen and oxygen atoms in total. The first-order valence-electron chi connectivity index (χ1n) is 12.3. The molecule has 0 saturated carbocycles. The Hall–Kier alpha value is -4.16. The fourth-order valence-corrected chi connectivity index (χ4v) is 5.90. The highest BCUT2D eigenvalue weighted by Gasteiger charge is 2.46. The third-order valence-corrected chi connectivity index (χ3v) is 7.49. The van der Waals surface area contributed by atoms with Crippen LogP contribution in [-0.4, -0.2) is 0 Å². The molecule has 5 aromatic rings. The van der Waals surface area contributed by atoms with E-state index in [0.717, 1.165) is 10.4 Å². The number of aryl methyl sites for hydroxylation is 1. The maximum atomic E-state index is 4.36. The van der Waals surface area contributed by atoms with Gasteiger partial charge in [-0.15, -0.1) is 0 Å². The average Bonchev–Trinajstić information content (AvgIpc) is 3.19. The average molecular weight is 449 g/mol. The Balaban J connectivity index is 1.76. The van der Waals surface area contributed by atoms with Gasteiger partial charge in [-0.1, -0.05) is 121 Å². The lowest BCUT2D eigenvalue weighted by Gasteiger charge is -2.35. The minimum Gasteiger partial charge on any atom is -0.0912 e. The van der Waals surface area contributed by atoms with Crippen LogP contribution in [0.2, 0.25) is 0 Å². The van der Waals surface area contributed by atoms with E-state index in [1.807, 2.05) is 0 Å². The van der Waals surface area contributed by atoms with Crippen LogP contribution in [0.15, 0.2) is 121 Å². The molecule has 0 aliphatic heterocycles. The zero-order valence-corrected chi connectivity index (χ0v) is 20.3. The Bertz CT molecular complexity index is 1690. The molecular formula is C35H28. The molecule has 0 unspecified atom stereocenters. The molecule has 0 N–H and O–H groups in total. The molecule has 0 amide bonds. The molecule has 0 radical (unpaired) electrons. The molecule has 0 fully saturated rings. The minimum atomic E-state index is -0.413. The molecule has 0 saturated heterocycles. The second-order valence-electron chi connectivity index (χ2n) is 9.49. The van der Waals surface area contributed by atoms with Crippen LogP contribution in [0.1, 0.15) is 29.2 Å². The first-order valence-corrected chi connectivity index (χ1v) is 12.3. The van der Waals surface area contributed by atoms with Crippen LogP contribution in [-0.2, 0) is 5.41 Å².